The predicted octanol–water partition coefficient (Wildman–Crippen LogP) is 0.946. The Bertz CT molecular complexity index is 334. The SMILES string of the molecule is CCc1nc(CNCC2(O)CCOC2)cs1. The molecule has 0 saturated carbocycles. The van der Waals surface area contributed by atoms with Crippen LogP contribution >= 0.6 is 11.3 Å². The fourth-order valence-corrected chi connectivity index (χ4v) is 2.50. The lowest BCUT2D eigenvalue weighted by Gasteiger charge is -2.20. The maximum absolute atomic E-state index is 10.0. The molecular weight excluding hydrogens is 224 g/mol. The molecule has 0 radical (unpaired) electrons. The van der Waals surface area contributed by atoms with E-state index in [9.17, 15) is 5.11 Å². The molecule has 1 aliphatic rings. The van der Waals surface area contributed by atoms with Crippen LogP contribution in [-0.4, -0.2) is 35.5 Å². The highest BCUT2D eigenvalue weighted by Gasteiger charge is 2.31. The minimum atomic E-state index is -0.677. The van der Waals surface area contributed by atoms with E-state index in [2.05, 4.69) is 22.6 Å². The zero-order chi connectivity index (χ0) is 11.4. The number of aromatic nitrogens is 1. The van der Waals surface area contributed by atoms with Crippen LogP contribution < -0.4 is 5.32 Å². The number of thiazole rings is 1. The molecule has 0 spiro atoms. The number of hydrogen-bond acceptors (Lipinski definition) is 5. The molecule has 1 atom stereocenters. The first-order valence-corrected chi connectivity index (χ1v) is 6.54. The minimum absolute atomic E-state index is 0.442. The lowest BCUT2D eigenvalue weighted by molar-refractivity contribution is 0.0268. The van der Waals surface area contributed by atoms with Gasteiger partial charge in [-0.2, -0.15) is 0 Å². The normalized spacial score (nSPS) is 25.1. The summed E-state index contributed by atoms with van der Waals surface area (Å²) in [5, 5.41) is 16.5. The van der Waals surface area contributed by atoms with Crippen molar-refractivity contribution in [2.24, 2.45) is 0 Å². The van der Waals surface area contributed by atoms with Gasteiger partial charge >= 0.3 is 0 Å². The summed E-state index contributed by atoms with van der Waals surface area (Å²) in [6.07, 6.45) is 1.71. The zero-order valence-corrected chi connectivity index (χ0v) is 10.3. The molecule has 2 rings (SSSR count). The van der Waals surface area contributed by atoms with Crippen molar-refractivity contribution in [2.45, 2.75) is 31.9 Å². The van der Waals surface area contributed by atoms with Gasteiger partial charge in [0.1, 0.15) is 5.60 Å². The van der Waals surface area contributed by atoms with E-state index in [1.165, 1.54) is 5.01 Å². The Morgan fingerprint density at radius 3 is 3.19 bits per heavy atom. The molecule has 0 aliphatic carbocycles. The number of rotatable bonds is 5. The van der Waals surface area contributed by atoms with E-state index in [0.29, 0.717) is 19.8 Å². The van der Waals surface area contributed by atoms with Gasteiger partial charge in [-0.1, -0.05) is 6.92 Å². The zero-order valence-electron chi connectivity index (χ0n) is 9.53. The maximum Gasteiger partial charge on any atom is 0.103 e. The largest absolute Gasteiger partial charge is 0.386 e. The van der Waals surface area contributed by atoms with E-state index in [1.807, 2.05) is 0 Å². The van der Waals surface area contributed by atoms with Crippen LogP contribution in [0.25, 0.3) is 0 Å². The first-order valence-electron chi connectivity index (χ1n) is 5.66. The second-order valence-electron chi connectivity index (χ2n) is 4.22. The second kappa shape index (κ2) is 5.23. The van der Waals surface area contributed by atoms with Crippen molar-refractivity contribution < 1.29 is 9.84 Å². The molecule has 2 N–H and O–H groups in total. The van der Waals surface area contributed by atoms with Gasteiger partial charge in [0.15, 0.2) is 0 Å². The summed E-state index contributed by atoms with van der Waals surface area (Å²) >= 11 is 1.69. The highest BCUT2D eigenvalue weighted by molar-refractivity contribution is 7.09. The highest BCUT2D eigenvalue weighted by Crippen LogP contribution is 2.17. The van der Waals surface area contributed by atoms with Gasteiger partial charge in [-0.15, -0.1) is 11.3 Å². The van der Waals surface area contributed by atoms with Crippen molar-refractivity contribution >= 4 is 11.3 Å². The number of aryl methyl sites for hydroxylation is 1. The Morgan fingerprint density at radius 2 is 2.56 bits per heavy atom. The summed E-state index contributed by atoms with van der Waals surface area (Å²) in [4.78, 5) is 4.46. The number of aliphatic hydroxyl groups is 1. The topological polar surface area (TPSA) is 54.4 Å². The van der Waals surface area contributed by atoms with Crippen molar-refractivity contribution in [2.75, 3.05) is 19.8 Å². The van der Waals surface area contributed by atoms with Crippen molar-refractivity contribution in [3.05, 3.63) is 16.1 Å². The quantitative estimate of drug-likeness (QED) is 0.807. The molecule has 0 bridgehead atoms. The molecule has 5 heteroatoms. The average Bonchev–Trinajstić information content (AvgIpc) is 2.88. The first-order chi connectivity index (χ1) is 7.72. The molecule has 1 unspecified atom stereocenters. The van der Waals surface area contributed by atoms with Crippen LogP contribution in [0, 0.1) is 0 Å². The molecular formula is C11H18N2O2S. The van der Waals surface area contributed by atoms with Gasteiger partial charge in [0.25, 0.3) is 0 Å². The smallest absolute Gasteiger partial charge is 0.103 e. The van der Waals surface area contributed by atoms with E-state index in [0.717, 1.165) is 25.1 Å². The van der Waals surface area contributed by atoms with Gasteiger partial charge in [-0.05, 0) is 6.42 Å². The monoisotopic (exact) mass is 242 g/mol. The number of ether oxygens (including phenoxy) is 1. The standard InChI is InChI=1S/C11H18N2O2S/c1-2-10-13-9(6-16-10)5-12-7-11(14)3-4-15-8-11/h6,12,14H,2-5,7-8H2,1H3. The van der Waals surface area contributed by atoms with Crippen molar-refractivity contribution in [1.29, 1.82) is 0 Å². The van der Waals surface area contributed by atoms with E-state index in [1.54, 1.807) is 11.3 Å². The molecule has 1 saturated heterocycles. The Hall–Kier alpha value is -0.490. The van der Waals surface area contributed by atoms with Gasteiger partial charge in [0.05, 0.1) is 17.3 Å². The Morgan fingerprint density at radius 1 is 1.69 bits per heavy atom. The summed E-state index contributed by atoms with van der Waals surface area (Å²) in [6, 6.07) is 0. The first kappa shape index (κ1) is 12.0. The third-order valence-electron chi connectivity index (χ3n) is 2.74. The Balaban J connectivity index is 1.75. The lowest BCUT2D eigenvalue weighted by atomic mass is 10.0. The highest BCUT2D eigenvalue weighted by atomic mass is 32.1. The lowest BCUT2D eigenvalue weighted by Crippen LogP contribution is -2.40. The molecule has 2 heterocycles. The number of hydrogen-bond donors (Lipinski definition) is 2. The summed E-state index contributed by atoms with van der Waals surface area (Å²) in [7, 11) is 0. The van der Waals surface area contributed by atoms with Crippen LogP contribution in [0.5, 0.6) is 0 Å². The van der Waals surface area contributed by atoms with E-state index < -0.39 is 5.60 Å². The minimum Gasteiger partial charge on any atom is -0.386 e. The Labute approximate surface area is 99.7 Å². The fraction of sp³-hybridized carbons (Fsp3) is 0.727. The van der Waals surface area contributed by atoms with Crippen molar-refractivity contribution in [1.82, 2.24) is 10.3 Å². The molecule has 0 aromatic carbocycles. The van der Waals surface area contributed by atoms with Crippen LogP contribution in [0.2, 0.25) is 0 Å². The van der Waals surface area contributed by atoms with Crippen LogP contribution in [0.15, 0.2) is 5.38 Å². The van der Waals surface area contributed by atoms with Crippen LogP contribution in [0.4, 0.5) is 0 Å². The number of nitrogens with zero attached hydrogens (tertiary/aromatic N) is 1. The van der Waals surface area contributed by atoms with Gasteiger partial charge in [0, 0.05) is 31.5 Å². The number of nitrogens with one attached hydrogen (secondary N) is 1. The van der Waals surface area contributed by atoms with Gasteiger partial charge in [-0.25, -0.2) is 4.98 Å². The Kier molecular flexibility index (Phi) is 3.91. The molecule has 90 valence electrons. The van der Waals surface area contributed by atoms with Gasteiger partial charge in [-0.3, -0.25) is 0 Å². The van der Waals surface area contributed by atoms with Crippen molar-refractivity contribution in [3.8, 4) is 0 Å². The van der Waals surface area contributed by atoms with E-state index >= 15 is 0 Å². The van der Waals surface area contributed by atoms with E-state index in [-0.39, 0.29) is 0 Å². The fourth-order valence-electron chi connectivity index (χ4n) is 1.75. The third-order valence-corrected chi connectivity index (χ3v) is 3.79. The van der Waals surface area contributed by atoms with E-state index in [4.69, 9.17) is 4.74 Å². The summed E-state index contributed by atoms with van der Waals surface area (Å²) < 4.78 is 5.18. The summed E-state index contributed by atoms with van der Waals surface area (Å²) in [6.45, 7) is 4.51. The summed E-state index contributed by atoms with van der Waals surface area (Å²) in [5.74, 6) is 0. The van der Waals surface area contributed by atoms with Crippen LogP contribution in [-0.2, 0) is 17.7 Å². The average molecular weight is 242 g/mol. The van der Waals surface area contributed by atoms with Gasteiger partial charge < -0.3 is 15.2 Å². The van der Waals surface area contributed by atoms with Gasteiger partial charge in [0.2, 0.25) is 0 Å². The molecule has 1 aliphatic heterocycles. The third kappa shape index (κ3) is 3.01. The predicted molar refractivity (Wildman–Crippen MR) is 63.6 cm³/mol. The molecule has 1 aromatic heterocycles. The van der Waals surface area contributed by atoms with Crippen LogP contribution in [0.1, 0.15) is 24.0 Å². The molecule has 1 fully saturated rings. The molecule has 4 nitrogen and oxygen atoms in total. The molecule has 16 heavy (non-hydrogen) atoms. The second-order valence-corrected chi connectivity index (χ2v) is 5.16. The maximum atomic E-state index is 10.0. The van der Waals surface area contributed by atoms with Crippen LogP contribution in [0.3, 0.4) is 0 Å². The summed E-state index contributed by atoms with van der Waals surface area (Å²) in [5.41, 5.74) is 0.383. The molecule has 0 amide bonds. The van der Waals surface area contributed by atoms with Crippen molar-refractivity contribution in [3.63, 3.8) is 0 Å². The molecule has 1 aromatic rings.